The molecule has 0 aliphatic heterocycles. The Bertz CT molecular complexity index is 326. The highest BCUT2D eigenvalue weighted by Gasteiger charge is 2.28. The largest absolute Gasteiger partial charge is 0.398 e. The lowest BCUT2D eigenvalue weighted by atomic mass is 9.72. The van der Waals surface area contributed by atoms with E-state index in [4.69, 9.17) is 5.73 Å². The Balaban J connectivity index is 2.61. The molecule has 1 aromatic rings. The van der Waals surface area contributed by atoms with E-state index >= 15 is 0 Å². The highest BCUT2D eigenvalue weighted by molar-refractivity contribution is 5.55. The molecule has 0 unspecified atom stereocenters. The van der Waals surface area contributed by atoms with Crippen molar-refractivity contribution in [2.24, 2.45) is 0 Å². The molecule has 0 aromatic heterocycles. The SMILES string of the molecule is CC1(C)CCCc2cccc(N)c21. The van der Waals surface area contributed by atoms with Crippen LogP contribution in [0.5, 0.6) is 0 Å². The summed E-state index contributed by atoms with van der Waals surface area (Å²) < 4.78 is 0. The average Bonchev–Trinajstić information content (AvgIpc) is 2.02. The molecule has 0 heterocycles. The monoisotopic (exact) mass is 175 g/mol. The summed E-state index contributed by atoms with van der Waals surface area (Å²) in [4.78, 5) is 0. The molecular formula is C12H17N. The van der Waals surface area contributed by atoms with Crippen LogP contribution in [0.15, 0.2) is 18.2 Å². The van der Waals surface area contributed by atoms with Crippen molar-refractivity contribution in [3.8, 4) is 0 Å². The molecule has 1 aromatic carbocycles. The number of nitrogen functional groups attached to an aromatic ring is 1. The molecule has 0 bridgehead atoms. The number of rotatable bonds is 0. The van der Waals surface area contributed by atoms with Crippen LogP contribution in [0.4, 0.5) is 5.69 Å². The first kappa shape index (κ1) is 8.61. The third kappa shape index (κ3) is 1.32. The first-order valence-electron chi connectivity index (χ1n) is 4.99. The summed E-state index contributed by atoms with van der Waals surface area (Å²) in [5.41, 5.74) is 10.1. The van der Waals surface area contributed by atoms with Crippen molar-refractivity contribution in [1.82, 2.24) is 0 Å². The number of benzene rings is 1. The van der Waals surface area contributed by atoms with Crippen LogP contribution in [0.1, 0.15) is 37.8 Å². The van der Waals surface area contributed by atoms with Crippen LogP contribution < -0.4 is 5.73 Å². The van der Waals surface area contributed by atoms with Crippen molar-refractivity contribution in [3.05, 3.63) is 29.3 Å². The van der Waals surface area contributed by atoms with Gasteiger partial charge in [-0.3, -0.25) is 0 Å². The zero-order chi connectivity index (χ0) is 9.47. The minimum absolute atomic E-state index is 0.277. The van der Waals surface area contributed by atoms with Crippen LogP contribution >= 0.6 is 0 Å². The van der Waals surface area contributed by atoms with Crippen LogP contribution in [-0.2, 0) is 11.8 Å². The Morgan fingerprint density at radius 1 is 1.31 bits per heavy atom. The summed E-state index contributed by atoms with van der Waals surface area (Å²) in [6.45, 7) is 4.59. The van der Waals surface area contributed by atoms with E-state index in [-0.39, 0.29) is 5.41 Å². The fourth-order valence-electron chi connectivity index (χ4n) is 2.50. The predicted molar refractivity (Wildman–Crippen MR) is 56.8 cm³/mol. The Labute approximate surface area is 80.0 Å². The standard InChI is InChI=1S/C12H17N/c1-12(2)8-4-6-9-5-3-7-10(13)11(9)12/h3,5,7H,4,6,8,13H2,1-2H3. The topological polar surface area (TPSA) is 26.0 Å². The normalized spacial score (nSPS) is 19.5. The number of anilines is 1. The maximum absolute atomic E-state index is 6.02. The molecule has 0 spiro atoms. The van der Waals surface area contributed by atoms with Crippen LogP contribution in [0, 0.1) is 0 Å². The lowest BCUT2D eigenvalue weighted by Crippen LogP contribution is -2.25. The molecule has 1 heteroatoms. The molecule has 0 fully saturated rings. The van der Waals surface area contributed by atoms with Crippen LogP contribution in [0.3, 0.4) is 0 Å². The third-order valence-electron chi connectivity index (χ3n) is 3.11. The number of hydrogen-bond acceptors (Lipinski definition) is 1. The van der Waals surface area contributed by atoms with Crippen molar-refractivity contribution >= 4 is 5.69 Å². The fourth-order valence-corrected chi connectivity index (χ4v) is 2.50. The summed E-state index contributed by atoms with van der Waals surface area (Å²) in [6, 6.07) is 6.30. The first-order chi connectivity index (χ1) is 6.11. The molecule has 0 amide bonds. The van der Waals surface area contributed by atoms with Gasteiger partial charge in [-0.2, -0.15) is 0 Å². The van der Waals surface area contributed by atoms with Gasteiger partial charge in [0, 0.05) is 5.69 Å². The van der Waals surface area contributed by atoms with Crippen molar-refractivity contribution in [2.45, 2.75) is 38.5 Å². The van der Waals surface area contributed by atoms with Gasteiger partial charge in [0.25, 0.3) is 0 Å². The number of hydrogen-bond donors (Lipinski definition) is 1. The molecule has 2 rings (SSSR count). The Hall–Kier alpha value is -0.980. The molecule has 2 N–H and O–H groups in total. The Morgan fingerprint density at radius 3 is 2.77 bits per heavy atom. The molecular weight excluding hydrogens is 158 g/mol. The highest BCUT2D eigenvalue weighted by atomic mass is 14.6. The molecule has 0 saturated heterocycles. The van der Waals surface area contributed by atoms with Gasteiger partial charge in [-0.1, -0.05) is 26.0 Å². The Morgan fingerprint density at radius 2 is 2.08 bits per heavy atom. The molecule has 1 nitrogen and oxygen atoms in total. The average molecular weight is 175 g/mol. The molecule has 1 aliphatic rings. The second-order valence-corrected chi connectivity index (χ2v) is 4.62. The second kappa shape index (κ2) is 2.76. The summed E-state index contributed by atoms with van der Waals surface area (Å²) in [5.74, 6) is 0. The van der Waals surface area contributed by atoms with Gasteiger partial charge in [0.1, 0.15) is 0 Å². The fraction of sp³-hybridized carbons (Fsp3) is 0.500. The van der Waals surface area contributed by atoms with Crippen LogP contribution in [-0.4, -0.2) is 0 Å². The van der Waals surface area contributed by atoms with Gasteiger partial charge >= 0.3 is 0 Å². The van der Waals surface area contributed by atoms with E-state index in [9.17, 15) is 0 Å². The van der Waals surface area contributed by atoms with Crippen molar-refractivity contribution in [1.29, 1.82) is 0 Å². The molecule has 1 aliphatic carbocycles. The number of aryl methyl sites for hydroxylation is 1. The van der Waals surface area contributed by atoms with Crippen LogP contribution in [0.25, 0.3) is 0 Å². The lowest BCUT2D eigenvalue weighted by Gasteiger charge is -2.33. The van der Waals surface area contributed by atoms with Crippen molar-refractivity contribution in [3.63, 3.8) is 0 Å². The smallest absolute Gasteiger partial charge is 0.0354 e. The zero-order valence-corrected chi connectivity index (χ0v) is 8.43. The molecule has 0 atom stereocenters. The van der Waals surface area contributed by atoms with Gasteiger partial charge in [0.2, 0.25) is 0 Å². The van der Waals surface area contributed by atoms with Crippen molar-refractivity contribution in [2.75, 3.05) is 5.73 Å². The predicted octanol–water partition coefficient (Wildman–Crippen LogP) is 2.88. The van der Waals surface area contributed by atoms with Crippen LogP contribution in [0.2, 0.25) is 0 Å². The summed E-state index contributed by atoms with van der Waals surface area (Å²) in [6.07, 6.45) is 3.75. The summed E-state index contributed by atoms with van der Waals surface area (Å²) in [5, 5.41) is 0. The molecule has 70 valence electrons. The van der Waals surface area contributed by atoms with Gasteiger partial charge < -0.3 is 5.73 Å². The first-order valence-corrected chi connectivity index (χ1v) is 4.99. The van der Waals surface area contributed by atoms with E-state index in [0.717, 1.165) is 5.69 Å². The quantitative estimate of drug-likeness (QED) is 0.603. The van der Waals surface area contributed by atoms with Gasteiger partial charge in [0.05, 0.1) is 0 Å². The maximum Gasteiger partial charge on any atom is 0.0354 e. The maximum atomic E-state index is 6.02. The van der Waals surface area contributed by atoms with Gasteiger partial charge in [-0.15, -0.1) is 0 Å². The van der Waals surface area contributed by atoms with E-state index in [1.165, 1.54) is 30.4 Å². The van der Waals surface area contributed by atoms with Gasteiger partial charge in [0.15, 0.2) is 0 Å². The Kier molecular flexibility index (Phi) is 1.83. The highest BCUT2D eigenvalue weighted by Crippen LogP contribution is 2.39. The lowest BCUT2D eigenvalue weighted by molar-refractivity contribution is 0.433. The van der Waals surface area contributed by atoms with E-state index in [2.05, 4.69) is 26.0 Å². The van der Waals surface area contributed by atoms with E-state index in [1.54, 1.807) is 0 Å². The summed E-state index contributed by atoms with van der Waals surface area (Å²) in [7, 11) is 0. The minimum Gasteiger partial charge on any atom is -0.398 e. The molecule has 0 saturated carbocycles. The van der Waals surface area contributed by atoms with Crippen molar-refractivity contribution < 1.29 is 0 Å². The number of fused-ring (bicyclic) bond motifs is 1. The van der Waals surface area contributed by atoms with Gasteiger partial charge in [-0.25, -0.2) is 0 Å². The van der Waals surface area contributed by atoms with Gasteiger partial charge in [-0.05, 0) is 41.9 Å². The second-order valence-electron chi connectivity index (χ2n) is 4.62. The molecule has 13 heavy (non-hydrogen) atoms. The number of nitrogens with two attached hydrogens (primary N) is 1. The summed E-state index contributed by atoms with van der Waals surface area (Å²) >= 11 is 0. The minimum atomic E-state index is 0.277. The van der Waals surface area contributed by atoms with E-state index in [1.807, 2.05) is 6.07 Å². The van der Waals surface area contributed by atoms with E-state index < -0.39 is 0 Å². The third-order valence-corrected chi connectivity index (χ3v) is 3.11. The molecule has 0 radical (unpaired) electrons. The zero-order valence-electron chi connectivity index (χ0n) is 8.43. The van der Waals surface area contributed by atoms with E-state index in [0.29, 0.717) is 0 Å².